The molecule has 0 saturated heterocycles. The SMILES string of the molecule is Cc1ccc[n+]([C@@H](C)C(=O)Nc2ccc([N+](=O)[O-])cc2C)c1. The zero-order valence-electron chi connectivity index (χ0n) is 12.7. The Bertz CT molecular complexity index is 728. The van der Waals surface area contributed by atoms with E-state index in [0.717, 1.165) is 5.56 Å². The fourth-order valence-electron chi connectivity index (χ4n) is 2.13. The number of nitrogens with zero attached hydrogens (tertiary/aromatic N) is 2. The van der Waals surface area contributed by atoms with Crippen molar-refractivity contribution in [3.05, 3.63) is 64.0 Å². The van der Waals surface area contributed by atoms with Gasteiger partial charge < -0.3 is 5.32 Å². The summed E-state index contributed by atoms with van der Waals surface area (Å²) in [5.74, 6) is -0.174. The third-order valence-corrected chi connectivity index (χ3v) is 3.48. The maximum atomic E-state index is 12.3. The number of non-ortho nitro benzene ring substituents is 1. The van der Waals surface area contributed by atoms with Crippen LogP contribution in [0.25, 0.3) is 0 Å². The fourth-order valence-corrected chi connectivity index (χ4v) is 2.13. The van der Waals surface area contributed by atoms with Gasteiger partial charge in [-0.25, -0.2) is 0 Å². The van der Waals surface area contributed by atoms with Crippen molar-refractivity contribution in [2.45, 2.75) is 26.8 Å². The quantitative estimate of drug-likeness (QED) is 0.536. The number of carbonyl (C=O) groups excluding carboxylic acids is 1. The third-order valence-electron chi connectivity index (χ3n) is 3.48. The van der Waals surface area contributed by atoms with Crippen LogP contribution in [-0.4, -0.2) is 10.8 Å². The summed E-state index contributed by atoms with van der Waals surface area (Å²) in [6, 6.07) is 7.85. The lowest BCUT2D eigenvalue weighted by atomic mass is 10.1. The van der Waals surface area contributed by atoms with E-state index >= 15 is 0 Å². The normalized spacial score (nSPS) is 11.8. The van der Waals surface area contributed by atoms with Gasteiger partial charge in [-0.05, 0) is 31.5 Å². The lowest BCUT2D eigenvalue weighted by Crippen LogP contribution is -2.44. The van der Waals surface area contributed by atoms with E-state index in [1.54, 1.807) is 19.9 Å². The lowest BCUT2D eigenvalue weighted by Gasteiger charge is -2.11. The molecule has 6 heteroatoms. The number of anilines is 1. The molecule has 0 bridgehead atoms. The zero-order chi connectivity index (χ0) is 16.3. The van der Waals surface area contributed by atoms with Crippen LogP contribution in [0.5, 0.6) is 0 Å². The number of pyridine rings is 1. The number of nitrogens with one attached hydrogen (secondary N) is 1. The van der Waals surface area contributed by atoms with Crippen molar-refractivity contribution in [3.8, 4) is 0 Å². The Kier molecular flexibility index (Phi) is 4.50. The predicted octanol–water partition coefficient (Wildman–Crippen LogP) is 2.70. The molecule has 6 nitrogen and oxygen atoms in total. The molecule has 0 spiro atoms. The van der Waals surface area contributed by atoms with E-state index in [-0.39, 0.29) is 17.6 Å². The Morgan fingerprint density at radius 2 is 2.05 bits per heavy atom. The molecule has 114 valence electrons. The highest BCUT2D eigenvalue weighted by atomic mass is 16.6. The summed E-state index contributed by atoms with van der Waals surface area (Å²) in [6.07, 6.45) is 3.73. The number of nitro benzene ring substituents is 1. The molecule has 0 aliphatic rings. The number of hydrogen-bond acceptors (Lipinski definition) is 3. The first-order valence-corrected chi connectivity index (χ1v) is 6.92. The van der Waals surface area contributed by atoms with Gasteiger partial charge in [-0.3, -0.25) is 14.9 Å². The Hall–Kier alpha value is -2.76. The van der Waals surface area contributed by atoms with Gasteiger partial charge in [-0.2, -0.15) is 4.57 Å². The molecule has 0 saturated carbocycles. The second-order valence-electron chi connectivity index (χ2n) is 5.25. The molecule has 0 aliphatic carbocycles. The highest BCUT2D eigenvalue weighted by molar-refractivity contribution is 5.93. The molecule has 1 atom stereocenters. The smallest absolute Gasteiger partial charge is 0.293 e. The van der Waals surface area contributed by atoms with Crippen molar-refractivity contribution in [1.29, 1.82) is 0 Å². The van der Waals surface area contributed by atoms with Crippen LogP contribution < -0.4 is 9.88 Å². The van der Waals surface area contributed by atoms with Gasteiger partial charge in [0.05, 0.1) is 4.92 Å². The first-order chi connectivity index (χ1) is 10.4. The minimum Gasteiger partial charge on any atom is -0.320 e. The van der Waals surface area contributed by atoms with Crippen LogP contribution in [0.1, 0.15) is 24.1 Å². The molecular formula is C16H18N3O3+. The van der Waals surface area contributed by atoms with Crippen LogP contribution in [0, 0.1) is 24.0 Å². The highest BCUT2D eigenvalue weighted by Gasteiger charge is 2.22. The Morgan fingerprint density at radius 1 is 1.32 bits per heavy atom. The summed E-state index contributed by atoms with van der Waals surface area (Å²) in [6.45, 7) is 5.49. The van der Waals surface area contributed by atoms with Gasteiger partial charge in [-0.1, -0.05) is 0 Å². The second-order valence-corrected chi connectivity index (χ2v) is 5.25. The summed E-state index contributed by atoms with van der Waals surface area (Å²) >= 11 is 0. The van der Waals surface area contributed by atoms with E-state index in [9.17, 15) is 14.9 Å². The molecule has 1 amide bonds. The monoisotopic (exact) mass is 300 g/mol. The Balaban J connectivity index is 2.16. The molecule has 1 aromatic heterocycles. The zero-order valence-corrected chi connectivity index (χ0v) is 12.7. The number of aryl methyl sites for hydroxylation is 2. The largest absolute Gasteiger partial charge is 0.320 e. The standard InChI is InChI=1S/C16H17N3O3/c1-11-5-4-8-18(10-11)13(3)16(20)17-15-7-6-14(19(21)22)9-12(15)2/h4-10,13H,1-3H3/p+1/t13-/m0/s1. The number of nitro groups is 1. The topological polar surface area (TPSA) is 76.1 Å². The van der Waals surface area contributed by atoms with Crippen LogP contribution in [0.3, 0.4) is 0 Å². The van der Waals surface area contributed by atoms with Gasteiger partial charge in [0, 0.05) is 36.4 Å². The van der Waals surface area contributed by atoms with Crippen LogP contribution in [0.15, 0.2) is 42.7 Å². The van der Waals surface area contributed by atoms with Crippen molar-refractivity contribution < 1.29 is 14.3 Å². The van der Waals surface area contributed by atoms with Crippen molar-refractivity contribution in [2.75, 3.05) is 5.32 Å². The number of benzene rings is 1. The Labute approximate surface area is 128 Å². The predicted molar refractivity (Wildman–Crippen MR) is 82.5 cm³/mol. The average molecular weight is 300 g/mol. The maximum Gasteiger partial charge on any atom is 0.293 e. The van der Waals surface area contributed by atoms with Crippen LogP contribution in [0.4, 0.5) is 11.4 Å². The fraction of sp³-hybridized carbons (Fsp3) is 0.250. The van der Waals surface area contributed by atoms with Crippen molar-refractivity contribution >= 4 is 17.3 Å². The van der Waals surface area contributed by atoms with E-state index in [2.05, 4.69) is 5.32 Å². The van der Waals surface area contributed by atoms with E-state index in [4.69, 9.17) is 0 Å². The van der Waals surface area contributed by atoms with E-state index in [1.807, 2.05) is 36.0 Å². The van der Waals surface area contributed by atoms with Crippen LogP contribution in [-0.2, 0) is 4.79 Å². The third kappa shape index (κ3) is 3.46. The molecule has 2 aromatic rings. The van der Waals surface area contributed by atoms with Gasteiger partial charge in [0.1, 0.15) is 0 Å². The highest BCUT2D eigenvalue weighted by Crippen LogP contribution is 2.21. The first kappa shape index (κ1) is 15.6. The molecule has 0 radical (unpaired) electrons. The first-order valence-electron chi connectivity index (χ1n) is 6.92. The molecule has 0 fully saturated rings. The molecule has 22 heavy (non-hydrogen) atoms. The maximum absolute atomic E-state index is 12.3. The van der Waals surface area contributed by atoms with Crippen LogP contribution in [0.2, 0.25) is 0 Å². The number of aromatic nitrogens is 1. The number of hydrogen-bond donors (Lipinski definition) is 1. The van der Waals surface area contributed by atoms with Crippen molar-refractivity contribution in [1.82, 2.24) is 0 Å². The van der Waals surface area contributed by atoms with Crippen LogP contribution >= 0.6 is 0 Å². The molecule has 0 aliphatic heterocycles. The average Bonchev–Trinajstić information content (AvgIpc) is 2.48. The minimum atomic E-state index is -0.455. The van der Waals surface area contributed by atoms with Gasteiger partial charge >= 0.3 is 0 Å². The van der Waals surface area contributed by atoms with Gasteiger partial charge in [0.15, 0.2) is 12.4 Å². The summed E-state index contributed by atoms with van der Waals surface area (Å²) < 4.78 is 1.82. The van der Waals surface area contributed by atoms with E-state index in [0.29, 0.717) is 11.3 Å². The molecule has 0 unspecified atom stereocenters. The lowest BCUT2D eigenvalue weighted by molar-refractivity contribution is -0.705. The second kappa shape index (κ2) is 6.34. The molecular weight excluding hydrogens is 282 g/mol. The Morgan fingerprint density at radius 3 is 2.64 bits per heavy atom. The molecule has 1 heterocycles. The minimum absolute atomic E-state index is 0.0107. The summed E-state index contributed by atoms with van der Waals surface area (Å²) in [5, 5.41) is 13.5. The van der Waals surface area contributed by atoms with E-state index < -0.39 is 4.92 Å². The molecule has 1 N–H and O–H groups in total. The number of rotatable bonds is 4. The summed E-state index contributed by atoms with van der Waals surface area (Å²) in [7, 11) is 0. The molecule has 1 aromatic carbocycles. The number of amides is 1. The van der Waals surface area contributed by atoms with Crippen molar-refractivity contribution in [2.24, 2.45) is 0 Å². The summed E-state index contributed by atoms with van der Waals surface area (Å²) in [4.78, 5) is 22.6. The van der Waals surface area contributed by atoms with E-state index in [1.165, 1.54) is 12.1 Å². The summed E-state index contributed by atoms with van der Waals surface area (Å²) in [5.41, 5.74) is 2.31. The van der Waals surface area contributed by atoms with Gasteiger partial charge in [0.25, 0.3) is 11.6 Å². The number of carbonyl (C=O) groups is 1. The van der Waals surface area contributed by atoms with Gasteiger partial charge in [-0.15, -0.1) is 0 Å². The van der Waals surface area contributed by atoms with Gasteiger partial charge in [0.2, 0.25) is 6.04 Å². The van der Waals surface area contributed by atoms with Crippen molar-refractivity contribution in [3.63, 3.8) is 0 Å². The molecule has 2 rings (SSSR count).